The maximum absolute atomic E-state index is 5.97. The molecule has 2 unspecified atom stereocenters. The number of aromatic nitrogens is 1. The number of nitrogens with one attached hydrogen (secondary N) is 1. The van der Waals surface area contributed by atoms with Gasteiger partial charge in [-0.2, -0.15) is 0 Å². The van der Waals surface area contributed by atoms with Crippen LogP contribution >= 0.6 is 11.6 Å². The van der Waals surface area contributed by atoms with E-state index < -0.39 is 0 Å². The third-order valence-corrected chi connectivity index (χ3v) is 2.65. The van der Waals surface area contributed by atoms with E-state index in [4.69, 9.17) is 11.6 Å². The summed E-state index contributed by atoms with van der Waals surface area (Å²) < 4.78 is 0. The number of hydrogen-bond donors (Lipinski definition) is 1. The molecule has 0 fully saturated rings. The lowest BCUT2D eigenvalue weighted by Gasteiger charge is -2.18. The molecule has 0 saturated carbocycles. The van der Waals surface area contributed by atoms with Crippen LogP contribution in [0.2, 0.25) is 0 Å². The van der Waals surface area contributed by atoms with Crippen LogP contribution in [-0.2, 0) is 0 Å². The number of alkyl halides is 1. The Balaban J connectivity index is 2.77. The van der Waals surface area contributed by atoms with E-state index >= 15 is 0 Å². The average molecular weight is 213 g/mol. The highest BCUT2D eigenvalue weighted by Gasteiger charge is 2.10. The molecule has 1 aromatic rings. The van der Waals surface area contributed by atoms with Crippen molar-refractivity contribution in [2.45, 2.75) is 39.1 Å². The third-order valence-electron chi connectivity index (χ3n) is 2.27. The van der Waals surface area contributed by atoms with Crippen molar-refractivity contribution in [2.75, 3.05) is 5.32 Å². The predicted octanol–water partition coefficient (Wildman–Crippen LogP) is 3.13. The smallest absolute Gasteiger partial charge is 0.129 e. The molecule has 1 N–H and O–H groups in total. The van der Waals surface area contributed by atoms with Gasteiger partial charge in [0, 0.05) is 12.2 Å². The maximum atomic E-state index is 5.97. The van der Waals surface area contributed by atoms with Crippen molar-refractivity contribution in [2.24, 2.45) is 0 Å². The predicted molar refractivity (Wildman–Crippen MR) is 62.1 cm³/mol. The van der Waals surface area contributed by atoms with Gasteiger partial charge < -0.3 is 5.32 Å². The summed E-state index contributed by atoms with van der Waals surface area (Å²) in [7, 11) is 0. The van der Waals surface area contributed by atoms with Gasteiger partial charge in [0.1, 0.15) is 5.82 Å². The molecule has 1 heterocycles. The molecule has 0 radical (unpaired) electrons. The number of nitrogens with zero attached hydrogens (tertiary/aromatic N) is 1. The maximum Gasteiger partial charge on any atom is 0.129 e. The van der Waals surface area contributed by atoms with Crippen molar-refractivity contribution in [3.8, 4) is 0 Å². The molecule has 2 nitrogen and oxygen atoms in total. The molecule has 0 amide bonds. The lowest BCUT2D eigenvalue weighted by molar-refractivity contribution is 0.766. The molecule has 0 aliphatic heterocycles. The molecular formula is C11H17ClN2. The number of rotatable bonds is 3. The topological polar surface area (TPSA) is 24.9 Å². The van der Waals surface area contributed by atoms with Crippen molar-refractivity contribution in [3.63, 3.8) is 0 Å². The lowest BCUT2D eigenvalue weighted by atomic mass is 10.2. The Morgan fingerprint density at radius 3 is 2.50 bits per heavy atom. The van der Waals surface area contributed by atoms with Gasteiger partial charge in [0.2, 0.25) is 0 Å². The fourth-order valence-corrected chi connectivity index (χ4v) is 1.26. The minimum absolute atomic E-state index is 0.0949. The van der Waals surface area contributed by atoms with Gasteiger partial charge in [0.05, 0.1) is 5.38 Å². The summed E-state index contributed by atoms with van der Waals surface area (Å²) >= 11 is 5.97. The summed E-state index contributed by atoms with van der Waals surface area (Å²) in [5.41, 5.74) is 2.34. The first-order chi connectivity index (χ1) is 6.50. The van der Waals surface area contributed by atoms with Crippen molar-refractivity contribution in [3.05, 3.63) is 23.4 Å². The van der Waals surface area contributed by atoms with Crippen molar-refractivity contribution >= 4 is 17.4 Å². The Morgan fingerprint density at radius 1 is 1.36 bits per heavy atom. The highest BCUT2D eigenvalue weighted by Crippen LogP contribution is 2.15. The lowest BCUT2D eigenvalue weighted by Crippen LogP contribution is -2.25. The molecule has 0 aromatic carbocycles. The molecule has 1 rings (SSSR count). The summed E-state index contributed by atoms with van der Waals surface area (Å²) in [4.78, 5) is 4.33. The van der Waals surface area contributed by atoms with Gasteiger partial charge in [0.15, 0.2) is 0 Å². The number of hydrogen-bond acceptors (Lipinski definition) is 2. The monoisotopic (exact) mass is 212 g/mol. The second kappa shape index (κ2) is 4.65. The first kappa shape index (κ1) is 11.3. The Labute approximate surface area is 90.7 Å². The van der Waals surface area contributed by atoms with Crippen LogP contribution in [-0.4, -0.2) is 16.4 Å². The van der Waals surface area contributed by atoms with Crippen molar-refractivity contribution < 1.29 is 0 Å². The highest BCUT2D eigenvalue weighted by atomic mass is 35.5. The molecule has 0 spiro atoms. The van der Waals surface area contributed by atoms with Crippen LogP contribution in [0.1, 0.15) is 25.0 Å². The Morgan fingerprint density at radius 2 is 2.00 bits per heavy atom. The van der Waals surface area contributed by atoms with Crippen LogP contribution in [0.25, 0.3) is 0 Å². The molecule has 0 saturated heterocycles. The fraction of sp³-hybridized carbons (Fsp3) is 0.545. The normalized spacial score (nSPS) is 14.9. The van der Waals surface area contributed by atoms with E-state index in [1.54, 1.807) is 0 Å². The summed E-state index contributed by atoms with van der Waals surface area (Å²) in [6, 6.07) is 2.34. The molecule has 0 bridgehead atoms. The van der Waals surface area contributed by atoms with E-state index in [0.29, 0.717) is 0 Å². The van der Waals surface area contributed by atoms with Gasteiger partial charge in [-0.05, 0) is 38.8 Å². The van der Waals surface area contributed by atoms with E-state index in [-0.39, 0.29) is 11.4 Å². The second-order valence-corrected chi connectivity index (χ2v) is 4.48. The molecule has 1 aromatic heterocycles. The van der Waals surface area contributed by atoms with Gasteiger partial charge in [-0.15, -0.1) is 11.6 Å². The summed E-state index contributed by atoms with van der Waals surface area (Å²) in [5.74, 6) is 0.926. The fourth-order valence-electron chi connectivity index (χ4n) is 1.20. The SMILES string of the molecule is Cc1cnc(NC(C)C(C)Cl)c(C)c1. The number of halogens is 1. The zero-order valence-corrected chi connectivity index (χ0v) is 9.89. The molecule has 2 atom stereocenters. The van der Waals surface area contributed by atoms with Crippen LogP contribution in [0, 0.1) is 13.8 Å². The van der Waals surface area contributed by atoms with Gasteiger partial charge in [-0.25, -0.2) is 4.98 Å². The molecule has 14 heavy (non-hydrogen) atoms. The van der Waals surface area contributed by atoms with Crippen LogP contribution in [0.4, 0.5) is 5.82 Å². The average Bonchev–Trinajstić information content (AvgIpc) is 2.09. The number of anilines is 1. The zero-order chi connectivity index (χ0) is 10.7. The summed E-state index contributed by atoms with van der Waals surface area (Å²) in [5, 5.41) is 3.39. The second-order valence-electron chi connectivity index (χ2n) is 3.79. The first-order valence-electron chi connectivity index (χ1n) is 4.84. The Kier molecular flexibility index (Phi) is 3.76. The van der Waals surface area contributed by atoms with Crippen LogP contribution < -0.4 is 5.32 Å². The van der Waals surface area contributed by atoms with Crippen LogP contribution in [0.15, 0.2) is 12.3 Å². The van der Waals surface area contributed by atoms with E-state index in [9.17, 15) is 0 Å². The minimum atomic E-state index is 0.0949. The van der Waals surface area contributed by atoms with Gasteiger partial charge >= 0.3 is 0 Å². The summed E-state index contributed by atoms with van der Waals surface area (Å²) in [6.45, 7) is 8.12. The molecule has 0 aliphatic carbocycles. The van der Waals surface area contributed by atoms with Crippen LogP contribution in [0.3, 0.4) is 0 Å². The van der Waals surface area contributed by atoms with Gasteiger partial charge in [-0.1, -0.05) is 6.07 Å². The van der Waals surface area contributed by atoms with E-state index in [1.807, 2.05) is 27.0 Å². The number of aryl methyl sites for hydroxylation is 2. The van der Waals surface area contributed by atoms with Gasteiger partial charge in [0.25, 0.3) is 0 Å². The van der Waals surface area contributed by atoms with Crippen LogP contribution in [0.5, 0.6) is 0 Å². The number of pyridine rings is 1. The Bertz CT molecular complexity index is 310. The summed E-state index contributed by atoms with van der Waals surface area (Å²) in [6.07, 6.45) is 1.86. The molecular weight excluding hydrogens is 196 g/mol. The molecule has 78 valence electrons. The third kappa shape index (κ3) is 2.88. The molecule has 3 heteroatoms. The van der Waals surface area contributed by atoms with Crippen molar-refractivity contribution in [1.82, 2.24) is 4.98 Å². The first-order valence-corrected chi connectivity index (χ1v) is 5.28. The van der Waals surface area contributed by atoms with Gasteiger partial charge in [-0.3, -0.25) is 0 Å². The highest BCUT2D eigenvalue weighted by molar-refractivity contribution is 6.20. The Hall–Kier alpha value is -0.760. The van der Waals surface area contributed by atoms with E-state index in [0.717, 1.165) is 11.4 Å². The minimum Gasteiger partial charge on any atom is -0.366 e. The van der Waals surface area contributed by atoms with E-state index in [1.165, 1.54) is 5.56 Å². The largest absolute Gasteiger partial charge is 0.366 e. The standard InChI is InChI=1S/C11H17ClN2/c1-7-5-8(2)11(13-6-7)14-10(4)9(3)12/h5-6,9-10H,1-4H3,(H,13,14). The van der Waals surface area contributed by atoms with E-state index in [2.05, 4.69) is 23.3 Å². The quantitative estimate of drug-likeness (QED) is 0.779. The zero-order valence-electron chi connectivity index (χ0n) is 9.13. The molecule has 0 aliphatic rings. The van der Waals surface area contributed by atoms with Crippen molar-refractivity contribution in [1.29, 1.82) is 0 Å².